The van der Waals surface area contributed by atoms with E-state index in [0.29, 0.717) is 11.4 Å². The van der Waals surface area contributed by atoms with Crippen molar-refractivity contribution in [2.24, 2.45) is 4.99 Å². The third kappa shape index (κ3) is 3.25. The zero-order valence-corrected chi connectivity index (χ0v) is 17.9. The second-order valence-corrected chi connectivity index (χ2v) is 8.64. The van der Waals surface area contributed by atoms with Gasteiger partial charge in [-0.1, -0.05) is 24.3 Å². The molecule has 2 aromatic heterocycles. The third-order valence-electron chi connectivity index (χ3n) is 5.29. The molecule has 0 spiro atoms. The summed E-state index contributed by atoms with van der Waals surface area (Å²) in [6, 6.07) is 7.09. The Labute approximate surface area is 173 Å². The van der Waals surface area contributed by atoms with Crippen LogP contribution in [0.3, 0.4) is 0 Å². The number of rotatable bonds is 4. The number of thiophene rings is 1. The molecule has 0 saturated carbocycles. The average molecular weight is 407 g/mol. The normalized spacial score (nSPS) is 15.3. The van der Waals surface area contributed by atoms with Gasteiger partial charge in [0.2, 0.25) is 0 Å². The molecular formula is C22H22N4O2S. The highest BCUT2D eigenvalue weighted by molar-refractivity contribution is 7.15. The predicted molar refractivity (Wildman–Crippen MR) is 114 cm³/mol. The summed E-state index contributed by atoms with van der Waals surface area (Å²) in [6.45, 7) is 9.23. The summed E-state index contributed by atoms with van der Waals surface area (Å²) in [5.74, 6) is 1.55. The molecule has 0 aliphatic carbocycles. The molecule has 1 atom stereocenters. The lowest BCUT2D eigenvalue weighted by Gasteiger charge is -2.11. The number of ketones is 2. The molecule has 6 nitrogen and oxygen atoms in total. The Morgan fingerprint density at radius 1 is 1.07 bits per heavy atom. The van der Waals surface area contributed by atoms with Crippen LogP contribution in [-0.2, 0) is 4.79 Å². The average Bonchev–Trinajstić information content (AvgIpc) is 3.14. The van der Waals surface area contributed by atoms with Crippen molar-refractivity contribution < 1.29 is 9.59 Å². The number of nitrogens with zero attached hydrogens (tertiary/aromatic N) is 4. The summed E-state index contributed by atoms with van der Waals surface area (Å²) in [4.78, 5) is 29.9. The first-order valence-electron chi connectivity index (χ1n) is 9.49. The molecular weight excluding hydrogens is 384 g/mol. The van der Waals surface area contributed by atoms with Crippen LogP contribution in [0.2, 0.25) is 0 Å². The van der Waals surface area contributed by atoms with Crippen molar-refractivity contribution in [1.29, 1.82) is 0 Å². The van der Waals surface area contributed by atoms with Gasteiger partial charge >= 0.3 is 0 Å². The van der Waals surface area contributed by atoms with Crippen molar-refractivity contribution in [3.05, 3.63) is 63.0 Å². The van der Waals surface area contributed by atoms with Crippen LogP contribution in [-0.4, -0.2) is 32.0 Å². The predicted octanol–water partition coefficient (Wildman–Crippen LogP) is 4.33. The van der Waals surface area contributed by atoms with Crippen LogP contribution < -0.4 is 0 Å². The number of carbonyl (C=O) groups excluding carboxylic acids is 2. The summed E-state index contributed by atoms with van der Waals surface area (Å²) in [6.07, 6.45) is 0.264. The molecule has 0 N–H and O–H groups in total. The molecule has 0 unspecified atom stereocenters. The lowest BCUT2D eigenvalue weighted by molar-refractivity contribution is -0.117. The van der Waals surface area contributed by atoms with Crippen molar-refractivity contribution in [1.82, 2.24) is 14.8 Å². The highest BCUT2D eigenvalue weighted by Gasteiger charge is 2.31. The maximum Gasteiger partial charge on any atom is 0.163 e. The number of benzene rings is 1. The second-order valence-electron chi connectivity index (χ2n) is 7.44. The molecule has 1 aliphatic heterocycles. The van der Waals surface area contributed by atoms with Crippen LogP contribution in [0.25, 0.3) is 5.00 Å². The molecule has 1 aromatic carbocycles. The summed E-state index contributed by atoms with van der Waals surface area (Å²) in [5.41, 5.74) is 4.60. The van der Waals surface area contributed by atoms with Crippen LogP contribution in [0.1, 0.15) is 69.9 Å². The summed E-state index contributed by atoms with van der Waals surface area (Å²) in [5, 5.41) is 9.66. The van der Waals surface area contributed by atoms with Gasteiger partial charge in [-0.2, -0.15) is 0 Å². The van der Waals surface area contributed by atoms with E-state index in [4.69, 9.17) is 4.99 Å². The van der Waals surface area contributed by atoms with Gasteiger partial charge in [-0.25, -0.2) is 0 Å². The SMILES string of the molecule is CC(=O)C[C@@H]1N=C(c2ccc(C(C)=O)cc2)c2c(sc(C)c2C)-n2c(C)nnc21. The molecule has 0 saturated heterocycles. The van der Waals surface area contributed by atoms with E-state index in [2.05, 4.69) is 24.0 Å². The minimum atomic E-state index is -0.407. The zero-order valence-electron chi connectivity index (χ0n) is 17.1. The van der Waals surface area contributed by atoms with Gasteiger partial charge in [-0.05, 0) is 40.2 Å². The van der Waals surface area contributed by atoms with Gasteiger partial charge in [-0.15, -0.1) is 21.5 Å². The Morgan fingerprint density at radius 3 is 2.38 bits per heavy atom. The fraction of sp³-hybridized carbons (Fsp3) is 0.318. The molecule has 4 rings (SSSR count). The minimum Gasteiger partial charge on any atom is -0.300 e. The lowest BCUT2D eigenvalue weighted by atomic mass is 9.98. The van der Waals surface area contributed by atoms with E-state index in [1.807, 2.05) is 35.8 Å². The van der Waals surface area contributed by atoms with E-state index in [1.54, 1.807) is 25.2 Å². The van der Waals surface area contributed by atoms with Crippen molar-refractivity contribution in [3.8, 4) is 5.00 Å². The van der Waals surface area contributed by atoms with E-state index in [-0.39, 0.29) is 18.0 Å². The number of Topliss-reactive ketones (excluding diaryl/α,β-unsaturated/α-hetero) is 2. The number of aliphatic imine (C=N–C) groups is 1. The summed E-state index contributed by atoms with van der Waals surface area (Å²) >= 11 is 1.68. The van der Waals surface area contributed by atoms with Crippen molar-refractivity contribution >= 4 is 28.6 Å². The van der Waals surface area contributed by atoms with Crippen LogP contribution in [0.5, 0.6) is 0 Å². The Bertz CT molecular complexity index is 1170. The summed E-state index contributed by atoms with van der Waals surface area (Å²) in [7, 11) is 0. The Hall–Kier alpha value is -2.93. The Balaban J connectivity index is 1.99. The summed E-state index contributed by atoms with van der Waals surface area (Å²) < 4.78 is 2.04. The molecule has 1 aliphatic rings. The highest BCUT2D eigenvalue weighted by atomic mass is 32.1. The van der Waals surface area contributed by atoms with E-state index in [0.717, 1.165) is 33.2 Å². The number of aromatic nitrogens is 3. The van der Waals surface area contributed by atoms with Gasteiger partial charge in [0.05, 0.1) is 5.71 Å². The van der Waals surface area contributed by atoms with Crippen molar-refractivity contribution in [2.75, 3.05) is 0 Å². The van der Waals surface area contributed by atoms with E-state index in [9.17, 15) is 9.59 Å². The molecule has 7 heteroatoms. The minimum absolute atomic E-state index is 0.0268. The fourth-order valence-corrected chi connectivity index (χ4v) is 4.87. The maximum absolute atomic E-state index is 12.0. The van der Waals surface area contributed by atoms with Gasteiger partial charge in [0.25, 0.3) is 0 Å². The van der Waals surface area contributed by atoms with Crippen molar-refractivity contribution in [3.63, 3.8) is 0 Å². The van der Waals surface area contributed by atoms with Crippen LogP contribution in [0.4, 0.5) is 0 Å². The number of hydrogen-bond donors (Lipinski definition) is 0. The maximum atomic E-state index is 12.0. The molecule has 0 radical (unpaired) electrons. The molecule has 29 heavy (non-hydrogen) atoms. The topological polar surface area (TPSA) is 77.2 Å². The van der Waals surface area contributed by atoms with Gasteiger partial charge in [0, 0.05) is 28.0 Å². The van der Waals surface area contributed by atoms with Crippen LogP contribution in [0, 0.1) is 20.8 Å². The van der Waals surface area contributed by atoms with Gasteiger partial charge in [0.15, 0.2) is 11.6 Å². The molecule has 148 valence electrons. The van der Waals surface area contributed by atoms with E-state index in [1.165, 1.54) is 4.88 Å². The van der Waals surface area contributed by atoms with Gasteiger partial charge in [-0.3, -0.25) is 19.1 Å². The first-order valence-corrected chi connectivity index (χ1v) is 10.3. The quantitative estimate of drug-likeness (QED) is 0.604. The van der Waals surface area contributed by atoms with E-state index < -0.39 is 6.04 Å². The third-order valence-corrected chi connectivity index (χ3v) is 6.48. The molecule has 3 aromatic rings. The standard InChI is InChI=1S/C22H22N4O2S/c1-11(27)10-18-21-25-24-15(5)26(21)22-19(12(2)14(4)29-22)20(23-18)17-8-6-16(7-9-17)13(3)28/h6-9,18H,10H2,1-5H3/t18-/m0/s1. The first-order chi connectivity index (χ1) is 13.8. The smallest absolute Gasteiger partial charge is 0.163 e. The highest BCUT2D eigenvalue weighted by Crippen LogP contribution is 2.39. The van der Waals surface area contributed by atoms with Crippen molar-refractivity contribution in [2.45, 2.75) is 47.1 Å². The monoisotopic (exact) mass is 406 g/mol. The number of carbonyl (C=O) groups is 2. The fourth-order valence-electron chi connectivity index (χ4n) is 3.66. The molecule has 0 bridgehead atoms. The number of aryl methyl sites for hydroxylation is 2. The number of hydrogen-bond acceptors (Lipinski definition) is 6. The Kier molecular flexibility index (Phi) is 4.78. The number of fused-ring (bicyclic) bond motifs is 3. The molecule has 0 fully saturated rings. The Morgan fingerprint density at radius 2 is 1.76 bits per heavy atom. The van der Waals surface area contributed by atoms with E-state index >= 15 is 0 Å². The lowest BCUT2D eigenvalue weighted by Crippen LogP contribution is -2.09. The zero-order chi connectivity index (χ0) is 20.9. The van der Waals surface area contributed by atoms with Gasteiger partial charge < -0.3 is 0 Å². The second kappa shape index (κ2) is 7.15. The largest absolute Gasteiger partial charge is 0.300 e. The molecule has 3 heterocycles. The molecule has 0 amide bonds. The van der Waals surface area contributed by atoms with Crippen LogP contribution >= 0.6 is 11.3 Å². The first kappa shape index (κ1) is 19.4. The van der Waals surface area contributed by atoms with Gasteiger partial charge in [0.1, 0.15) is 22.7 Å². The van der Waals surface area contributed by atoms with Crippen LogP contribution in [0.15, 0.2) is 29.3 Å².